The van der Waals surface area contributed by atoms with Gasteiger partial charge < -0.3 is 17.8 Å². The van der Waals surface area contributed by atoms with Crippen molar-refractivity contribution in [3.8, 4) is 0 Å². The minimum absolute atomic E-state index is 0. The van der Waals surface area contributed by atoms with Crippen LogP contribution in [0.1, 0.15) is 12.8 Å². The van der Waals surface area contributed by atoms with E-state index in [0.717, 1.165) is 19.4 Å². The van der Waals surface area contributed by atoms with Gasteiger partial charge in [0.2, 0.25) is 0 Å². The molecule has 61 valence electrons. The summed E-state index contributed by atoms with van der Waals surface area (Å²) < 4.78 is 0. The van der Waals surface area contributed by atoms with Gasteiger partial charge in [-0.2, -0.15) is 0 Å². The maximum Gasteiger partial charge on any atom is 2.00 e. The van der Waals surface area contributed by atoms with Crippen LogP contribution in [0.15, 0.2) is 0 Å². The maximum absolute atomic E-state index is 10.1. The average Bonchev–Trinajstić information content (AvgIpc) is 2.12. The standard InChI is InChI=1S/C5H8NO2.CH3.Rh/c7-5(8)4-2-1-3-6-4;;/h4H,1-3H2,(H,7,8);1H3;/q2*-1;+2/t4-;;/m0../s1. The van der Waals surface area contributed by atoms with Gasteiger partial charge in [0, 0.05) is 0 Å². The van der Waals surface area contributed by atoms with Crippen LogP contribution in [0, 0.1) is 7.43 Å². The molecular weight excluding hydrogens is 221 g/mol. The van der Waals surface area contributed by atoms with E-state index < -0.39 is 12.0 Å². The SMILES string of the molecule is O=C(O)[C@@H]1CCC[N-]1.[CH3-].[Rh+2]. The fraction of sp³-hybridized carbons (Fsp3) is 0.667. The van der Waals surface area contributed by atoms with Gasteiger partial charge in [-0.3, -0.25) is 4.79 Å². The van der Waals surface area contributed by atoms with Gasteiger partial charge in [0.1, 0.15) is 0 Å². The summed E-state index contributed by atoms with van der Waals surface area (Å²) >= 11 is 0. The Kier molecular flexibility index (Phi) is 7.38. The first-order valence-corrected chi connectivity index (χ1v) is 2.70. The number of carboxylic acids is 1. The predicted octanol–water partition coefficient (Wildman–Crippen LogP) is 1.05. The largest absolute Gasteiger partial charge is 2.00 e. The van der Waals surface area contributed by atoms with Gasteiger partial charge >= 0.3 is 19.5 Å². The minimum Gasteiger partial charge on any atom is -0.650 e. The van der Waals surface area contributed by atoms with Crippen LogP contribution in [0.2, 0.25) is 0 Å². The molecule has 0 spiro atoms. The molecule has 0 saturated carbocycles. The van der Waals surface area contributed by atoms with Crippen molar-refractivity contribution in [1.29, 1.82) is 0 Å². The van der Waals surface area contributed by atoms with E-state index in [0.29, 0.717) is 0 Å². The summed E-state index contributed by atoms with van der Waals surface area (Å²) in [6.07, 6.45) is 1.67. The number of hydrogen-bond acceptors (Lipinski definition) is 1. The fourth-order valence-electron chi connectivity index (χ4n) is 0.825. The van der Waals surface area contributed by atoms with Crippen LogP contribution in [0.5, 0.6) is 0 Å². The number of hydrogen-bond donors (Lipinski definition) is 1. The topological polar surface area (TPSA) is 51.4 Å². The number of carboxylic acid groups (broad SMARTS) is 1. The van der Waals surface area contributed by atoms with Crippen molar-refractivity contribution in [3.05, 3.63) is 12.7 Å². The molecule has 3 nitrogen and oxygen atoms in total. The Morgan fingerprint density at radius 2 is 2.20 bits per heavy atom. The van der Waals surface area contributed by atoms with Gasteiger partial charge in [0.05, 0.1) is 0 Å². The van der Waals surface area contributed by atoms with E-state index in [-0.39, 0.29) is 26.9 Å². The Balaban J connectivity index is 0. The molecule has 1 aliphatic heterocycles. The van der Waals surface area contributed by atoms with Crippen LogP contribution in [-0.4, -0.2) is 23.7 Å². The summed E-state index contributed by atoms with van der Waals surface area (Å²) in [5.41, 5.74) is 0. The van der Waals surface area contributed by atoms with E-state index in [1.807, 2.05) is 0 Å². The average molecular weight is 232 g/mol. The van der Waals surface area contributed by atoms with Gasteiger partial charge in [-0.1, -0.05) is 12.8 Å². The molecule has 0 bridgehead atoms. The molecule has 1 N–H and O–H groups in total. The summed E-state index contributed by atoms with van der Waals surface area (Å²) in [5.74, 6) is -0.775. The summed E-state index contributed by atoms with van der Waals surface area (Å²) in [6, 6.07) is -0.394. The summed E-state index contributed by atoms with van der Waals surface area (Å²) in [4.78, 5) is 10.1. The molecule has 0 unspecified atom stereocenters. The first-order chi connectivity index (χ1) is 3.80. The van der Waals surface area contributed by atoms with Gasteiger partial charge in [-0.25, -0.2) is 0 Å². The summed E-state index contributed by atoms with van der Waals surface area (Å²) in [7, 11) is 0. The van der Waals surface area contributed by atoms with Crippen molar-refractivity contribution in [2.24, 2.45) is 0 Å². The second kappa shape index (κ2) is 5.81. The number of rotatable bonds is 1. The monoisotopic (exact) mass is 232 g/mol. The van der Waals surface area contributed by atoms with Gasteiger partial charge in [-0.05, 0) is 6.04 Å². The smallest absolute Gasteiger partial charge is 0.650 e. The van der Waals surface area contributed by atoms with Crippen molar-refractivity contribution >= 4 is 5.97 Å². The van der Waals surface area contributed by atoms with Crippen molar-refractivity contribution < 1.29 is 29.4 Å². The van der Waals surface area contributed by atoms with Crippen LogP contribution < -0.4 is 0 Å². The molecule has 1 atom stereocenters. The molecule has 1 saturated heterocycles. The summed E-state index contributed by atoms with van der Waals surface area (Å²) in [5, 5.41) is 12.2. The molecule has 1 rings (SSSR count). The first kappa shape index (κ1) is 12.7. The van der Waals surface area contributed by atoms with Crippen molar-refractivity contribution in [2.45, 2.75) is 18.9 Å². The molecule has 0 aliphatic carbocycles. The third kappa shape index (κ3) is 3.28. The Hall–Kier alpha value is 0.0534. The van der Waals surface area contributed by atoms with Crippen LogP contribution in [0.3, 0.4) is 0 Å². The van der Waals surface area contributed by atoms with Crippen molar-refractivity contribution in [1.82, 2.24) is 0 Å². The fourth-order valence-corrected chi connectivity index (χ4v) is 0.825. The molecule has 1 heterocycles. The molecule has 0 aromatic rings. The van der Waals surface area contributed by atoms with Crippen molar-refractivity contribution in [2.75, 3.05) is 6.54 Å². The molecule has 1 radical (unpaired) electrons. The van der Waals surface area contributed by atoms with E-state index in [4.69, 9.17) is 5.11 Å². The third-order valence-electron chi connectivity index (χ3n) is 1.27. The van der Waals surface area contributed by atoms with Crippen LogP contribution >= 0.6 is 0 Å². The van der Waals surface area contributed by atoms with Gasteiger partial charge in [0.15, 0.2) is 0 Å². The van der Waals surface area contributed by atoms with E-state index in [9.17, 15) is 4.79 Å². The zero-order valence-corrected chi connectivity index (χ0v) is 7.47. The van der Waals surface area contributed by atoms with Gasteiger partial charge in [0.25, 0.3) is 5.97 Å². The second-order valence-corrected chi connectivity index (χ2v) is 1.90. The molecule has 0 aromatic carbocycles. The number of aliphatic carboxylic acids is 1. The van der Waals surface area contributed by atoms with Crippen molar-refractivity contribution in [3.63, 3.8) is 0 Å². The van der Waals surface area contributed by atoms with E-state index in [1.54, 1.807) is 0 Å². The molecule has 0 amide bonds. The Bertz CT molecular complexity index is 102. The van der Waals surface area contributed by atoms with E-state index in [1.165, 1.54) is 0 Å². The van der Waals surface area contributed by atoms with Crippen LogP contribution in [-0.2, 0) is 24.3 Å². The molecule has 4 heteroatoms. The molecule has 0 aromatic heterocycles. The summed E-state index contributed by atoms with van der Waals surface area (Å²) in [6.45, 7) is 0.733. The van der Waals surface area contributed by atoms with Gasteiger partial charge in [-0.15, -0.1) is 6.54 Å². The number of nitrogens with zero attached hydrogens (tertiary/aromatic N) is 1. The normalized spacial score (nSPS) is 22.6. The Morgan fingerprint density at radius 3 is 2.40 bits per heavy atom. The molecule has 1 fully saturated rings. The predicted molar refractivity (Wildman–Crippen MR) is 35.3 cm³/mol. The zero-order valence-electron chi connectivity index (χ0n) is 5.83. The maximum atomic E-state index is 10.1. The van der Waals surface area contributed by atoms with Crippen LogP contribution in [0.4, 0.5) is 0 Å². The van der Waals surface area contributed by atoms with E-state index >= 15 is 0 Å². The Labute approximate surface area is 74.0 Å². The first-order valence-electron chi connectivity index (χ1n) is 2.70. The molecule has 1 aliphatic rings. The molecular formula is C6H11NO2Rh. The second-order valence-electron chi connectivity index (χ2n) is 1.90. The zero-order chi connectivity index (χ0) is 5.98. The van der Waals surface area contributed by atoms with Crippen LogP contribution in [0.25, 0.3) is 5.32 Å². The number of carbonyl (C=O) groups is 1. The molecule has 10 heavy (non-hydrogen) atoms. The third-order valence-corrected chi connectivity index (χ3v) is 1.27. The minimum atomic E-state index is -0.775. The Morgan fingerprint density at radius 1 is 1.60 bits per heavy atom. The quantitative estimate of drug-likeness (QED) is 0.542. The van der Waals surface area contributed by atoms with E-state index in [2.05, 4.69) is 5.32 Å².